The van der Waals surface area contributed by atoms with E-state index in [9.17, 15) is 4.79 Å². The lowest BCUT2D eigenvalue weighted by Gasteiger charge is -1.99. The Morgan fingerprint density at radius 3 is 2.67 bits per heavy atom. The lowest BCUT2D eigenvalue weighted by molar-refractivity contribution is -0.137. The number of nitrogen functional groups attached to an aromatic ring is 1. The van der Waals surface area contributed by atoms with E-state index in [2.05, 4.69) is 4.99 Å². The molecule has 0 aliphatic carbocycles. The van der Waals surface area contributed by atoms with E-state index in [1.807, 2.05) is 12.1 Å². The van der Waals surface area contributed by atoms with E-state index in [1.54, 1.807) is 12.1 Å². The monoisotopic (exact) mass is 222 g/mol. The van der Waals surface area contributed by atoms with Crippen LogP contribution in [0.1, 0.15) is 5.56 Å². The van der Waals surface area contributed by atoms with Gasteiger partial charge >= 0.3 is 5.97 Å². The molecule has 0 bridgehead atoms. The van der Waals surface area contributed by atoms with E-state index < -0.39 is 12.0 Å². The molecule has 0 radical (unpaired) electrons. The van der Waals surface area contributed by atoms with Gasteiger partial charge in [0.2, 0.25) is 0 Å². The fourth-order valence-electron chi connectivity index (χ4n) is 1.28. The van der Waals surface area contributed by atoms with Crippen LogP contribution in [-0.4, -0.2) is 27.9 Å². The van der Waals surface area contributed by atoms with Crippen LogP contribution in [0.25, 0.3) is 0 Å². The van der Waals surface area contributed by atoms with Crippen molar-refractivity contribution in [2.45, 2.75) is 6.04 Å². The zero-order valence-electron chi connectivity index (χ0n) is 7.88. The number of benzene rings is 1. The van der Waals surface area contributed by atoms with Crippen LogP contribution in [0.5, 0.6) is 0 Å². The van der Waals surface area contributed by atoms with E-state index in [4.69, 9.17) is 10.8 Å². The largest absolute Gasteiger partial charge is 0.480 e. The Balaban J connectivity index is 2.22. The van der Waals surface area contributed by atoms with Crippen LogP contribution in [0.3, 0.4) is 0 Å². The van der Waals surface area contributed by atoms with Crippen molar-refractivity contribution in [1.82, 2.24) is 0 Å². The number of nitrogens with two attached hydrogens (primary N) is 1. The summed E-state index contributed by atoms with van der Waals surface area (Å²) in [5.74, 6) is -0.359. The van der Waals surface area contributed by atoms with Gasteiger partial charge in [0.15, 0.2) is 6.04 Å². The molecule has 0 saturated carbocycles. The van der Waals surface area contributed by atoms with Crippen molar-refractivity contribution in [2.75, 3.05) is 11.5 Å². The summed E-state index contributed by atoms with van der Waals surface area (Å²) >= 11 is 1.47. The van der Waals surface area contributed by atoms with Gasteiger partial charge in [-0.15, -0.1) is 11.8 Å². The second-order valence-electron chi connectivity index (χ2n) is 3.22. The van der Waals surface area contributed by atoms with Crippen molar-refractivity contribution in [2.24, 2.45) is 4.99 Å². The topological polar surface area (TPSA) is 75.7 Å². The summed E-state index contributed by atoms with van der Waals surface area (Å²) in [5, 5.41) is 9.56. The average Bonchev–Trinajstić information content (AvgIpc) is 2.68. The number of thioether (sulfide) groups is 1. The van der Waals surface area contributed by atoms with Gasteiger partial charge in [-0.2, -0.15) is 0 Å². The highest BCUT2D eigenvalue weighted by atomic mass is 32.2. The highest BCUT2D eigenvalue weighted by Crippen LogP contribution is 2.23. The van der Waals surface area contributed by atoms with Gasteiger partial charge in [0, 0.05) is 17.0 Å². The Bertz CT molecular complexity index is 414. The highest BCUT2D eigenvalue weighted by molar-refractivity contribution is 8.14. The molecule has 1 aliphatic heterocycles. The van der Waals surface area contributed by atoms with Gasteiger partial charge in [0.25, 0.3) is 0 Å². The number of rotatable bonds is 2. The molecule has 0 saturated heterocycles. The van der Waals surface area contributed by atoms with Crippen molar-refractivity contribution >= 4 is 28.5 Å². The standard InChI is InChI=1S/C10H10N2O2S/c11-7-3-1-6(2-4-7)9-12-8(5-15-9)10(13)14/h1-4,8H,5,11H2,(H,13,14). The molecule has 5 heteroatoms. The van der Waals surface area contributed by atoms with Crippen LogP contribution in [0.15, 0.2) is 29.3 Å². The molecule has 1 aliphatic rings. The van der Waals surface area contributed by atoms with Crippen LogP contribution in [0.4, 0.5) is 5.69 Å². The summed E-state index contributed by atoms with van der Waals surface area (Å²) in [5.41, 5.74) is 7.18. The Labute approximate surface area is 91.2 Å². The maximum atomic E-state index is 10.7. The van der Waals surface area contributed by atoms with Crippen molar-refractivity contribution < 1.29 is 9.90 Å². The number of hydrogen-bond donors (Lipinski definition) is 2. The van der Waals surface area contributed by atoms with E-state index >= 15 is 0 Å². The van der Waals surface area contributed by atoms with Gasteiger partial charge in [0.1, 0.15) is 0 Å². The maximum Gasteiger partial charge on any atom is 0.329 e. The number of anilines is 1. The third-order valence-electron chi connectivity index (χ3n) is 2.09. The molecule has 1 atom stereocenters. The van der Waals surface area contributed by atoms with Crippen molar-refractivity contribution in [3.8, 4) is 0 Å². The quantitative estimate of drug-likeness (QED) is 0.737. The Morgan fingerprint density at radius 2 is 2.13 bits per heavy atom. The summed E-state index contributed by atoms with van der Waals surface area (Å²) in [6.07, 6.45) is 0. The first-order chi connectivity index (χ1) is 7.16. The predicted octanol–water partition coefficient (Wildman–Crippen LogP) is 1.22. The fourth-order valence-corrected chi connectivity index (χ4v) is 2.32. The van der Waals surface area contributed by atoms with Crippen molar-refractivity contribution in [3.05, 3.63) is 29.8 Å². The van der Waals surface area contributed by atoms with Gasteiger partial charge in [-0.1, -0.05) is 12.1 Å². The summed E-state index contributed by atoms with van der Waals surface area (Å²) in [6, 6.07) is 6.66. The van der Waals surface area contributed by atoms with Crippen LogP contribution in [-0.2, 0) is 4.79 Å². The number of carboxylic acid groups (broad SMARTS) is 1. The maximum absolute atomic E-state index is 10.7. The van der Waals surface area contributed by atoms with E-state index in [0.717, 1.165) is 10.6 Å². The Morgan fingerprint density at radius 1 is 1.47 bits per heavy atom. The first-order valence-corrected chi connectivity index (χ1v) is 5.44. The van der Waals surface area contributed by atoms with Crippen LogP contribution < -0.4 is 5.73 Å². The third kappa shape index (κ3) is 2.12. The predicted molar refractivity (Wildman–Crippen MR) is 61.3 cm³/mol. The normalized spacial score (nSPS) is 20.0. The van der Waals surface area contributed by atoms with Crippen LogP contribution >= 0.6 is 11.8 Å². The third-order valence-corrected chi connectivity index (χ3v) is 3.19. The van der Waals surface area contributed by atoms with Gasteiger partial charge in [-0.25, -0.2) is 4.79 Å². The molecule has 0 spiro atoms. The van der Waals surface area contributed by atoms with Gasteiger partial charge < -0.3 is 10.8 Å². The number of nitrogens with zero attached hydrogens (tertiary/aromatic N) is 1. The van der Waals surface area contributed by atoms with Gasteiger partial charge in [-0.3, -0.25) is 4.99 Å². The van der Waals surface area contributed by atoms with Crippen LogP contribution in [0, 0.1) is 0 Å². The lowest BCUT2D eigenvalue weighted by atomic mass is 10.2. The Kier molecular flexibility index (Phi) is 2.64. The number of carboxylic acids is 1. The fraction of sp³-hybridized carbons (Fsp3) is 0.200. The van der Waals surface area contributed by atoms with Crippen molar-refractivity contribution in [3.63, 3.8) is 0 Å². The zero-order chi connectivity index (χ0) is 10.8. The number of carbonyl (C=O) groups is 1. The second-order valence-corrected chi connectivity index (χ2v) is 4.23. The number of hydrogen-bond acceptors (Lipinski definition) is 4. The molecule has 3 N–H and O–H groups in total. The smallest absolute Gasteiger partial charge is 0.329 e. The second kappa shape index (κ2) is 3.94. The minimum absolute atomic E-state index is 0.509. The summed E-state index contributed by atoms with van der Waals surface area (Å²) in [4.78, 5) is 14.8. The summed E-state index contributed by atoms with van der Waals surface area (Å²) < 4.78 is 0. The van der Waals surface area contributed by atoms with E-state index in [0.29, 0.717) is 11.4 Å². The SMILES string of the molecule is Nc1ccc(C2=NC(C(=O)O)CS2)cc1. The summed E-state index contributed by atoms with van der Waals surface area (Å²) in [6.45, 7) is 0. The average molecular weight is 222 g/mol. The van der Waals surface area contributed by atoms with Crippen LogP contribution in [0.2, 0.25) is 0 Å². The molecule has 1 aromatic carbocycles. The molecule has 1 aromatic rings. The molecular weight excluding hydrogens is 212 g/mol. The molecule has 2 rings (SSSR count). The summed E-state index contributed by atoms with van der Waals surface area (Å²) in [7, 11) is 0. The molecule has 1 heterocycles. The molecule has 4 nitrogen and oxygen atoms in total. The van der Waals surface area contributed by atoms with E-state index in [1.165, 1.54) is 11.8 Å². The number of aliphatic carboxylic acids is 1. The van der Waals surface area contributed by atoms with Gasteiger partial charge in [0.05, 0.1) is 5.04 Å². The molecule has 0 aromatic heterocycles. The molecule has 15 heavy (non-hydrogen) atoms. The Hall–Kier alpha value is -1.49. The van der Waals surface area contributed by atoms with E-state index in [-0.39, 0.29) is 0 Å². The minimum Gasteiger partial charge on any atom is -0.480 e. The number of aliphatic imine (C=N–C) groups is 1. The lowest BCUT2D eigenvalue weighted by Crippen LogP contribution is -2.17. The van der Waals surface area contributed by atoms with Gasteiger partial charge in [-0.05, 0) is 12.1 Å². The van der Waals surface area contributed by atoms with Crippen molar-refractivity contribution in [1.29, 1.82) is 0 Å². The first-order valence-electron chi connectivity index (χ1n) is 4.46. The molecule has 0 fully saturated rings. The zero-order valence-corrected chi connectivity index (χ0v) is 8.70. The molecule has 0 amide bonds. The highest BCUT2D eigenvalue weighted by Gasteiger charge is 2.24. The minimum atomic E-state index is -0.868. The molecule has 78 valence electrons. The molecule has 1 unspecified atom stereocenters. The molecular formula is C10H10N2O2S. The first kappa shape index (κ1) is 10.0.